The van der Waals surface area contributed by atoms with E-state index in [2.05, 4.69) is 22.5 Å². The fourth-order valence-corrected chi connectivity index (χ4v) is 2.75. The van der Waals surface area contributed by atoms with Crippen molar-refractivity contribution in [1.82, 2.24) is 15.5 Å². The number of ether oxygens (including phenoxy) is 2. The number of nitrogens with zero attached hydrogens (tertiary/aromatic N) is 2. The third-order valence-electron chi connectivity index (χ3n) is 4.20. The van der Waals surface area contributed by atoms with Crippen LogP contribution in [0.3, 0.4) is 0 Å². The summed E-state index contributed by atoms with van der Waals surface area (Å²) < 4.78 is 11.0. The summed E-state index contributed by atoms with van der Waals surface area (Å²) >= 11 is 0. The van der Waals surface area contributed by atoms with E-state index < -0.39 is 0 Å². The van der Waals surface area contributed by atoms with Gasteiger partial charge in [-0.1, -0.05) is 27.2 Å². The smallest absolute Gasteiger partial charge is 0.225 e. The normalized spacial score (nSPS) is 17.8. The van der Waals surface area contributed by atoms with Crippen LogP contribution in [0.1, 0.15) is 47.0 Å². The van der Waals surface area contributed by atoms with Gasteiger partial charge in [0.15, 0.2) is 5.96 Å². The molecule has 1 fully saturated rings. The monoisotopic (exact) mass is 370 g/mol. The van der Waals surface area contributed by atoms with Crippen molar-refractivity contribution < 1.29 is 14.3 Å². The van der Waals surface area contributed by atoms with Gasteiger partial charge < -0.3 is 25.0 Å². The van der Waals surface area contributed by atoms with Crippen LogP contribution in [0.5, 0.6) is 0 Å². The first-order valence-electron chi connectivity index (χ1n) is 10.1. The molecule has 2 N–H and O–H groups in total. The number of hydrogen-bond donors (Lipinski definition) is 2. The van der Waals surface area contributed by atoms with Crippen LogP contribution < -0.4 is 10.6 Å². The molecular formula is C19H38N4O3. The van der Waals surface area contributed by atoms with Crippen molar-refractivity contribution in [3.05, 3.63) is 0 Å². The SMILES string of the molecule is CCCCOCCOCCN=C(NCC)NC1CCN(C(=O)C(C)C)C1. The number of nitrogens with one attached hydrogen (secondary N) is 2. The maximum absolute atomic E-state index is 12.1. The van der Waals surface area contributed by atoms with Crippen molar-refractivity contribution in [2.24, 2.45) is 10.9 Å². The molecule has 0 aliphatic carbocycles. The van der Waals surface area contributed by atoms with Gasteiger partial charge in [-0.25, -0.2) is 0 Å². The Hall–Kier alpha value is -1.34. The van der Waals surface area contributed by atoms with Gasteiger partial charge in [-0.3, -0.25) is 9.79 Å². The summed E-state index contributed by atoms with van der Waals surface area (Å²) in [6.07, 6.45) is 3.21. The number of aliphatic imine (C=N–C) groups is 1. The quantitative estimate of drug-likeness (QED) is 0.310. The van der Waals surface area contributed by atoms with Crippen LogP contribution >= 0.6 is 0 Å². The molecule has 0 aromatic carbocycles. The number of guanidine groups is 1. The molecule has 1 rings (SSSR count). The van der Waals surface area contributed by atoms with Gasteiger partial charge in [-0.2, -0.15) is 0 Å². The minimum Gasteiger partial charge on any atom is -0.379 e. The molecule has 1 amide bonds. The van der Waals surface area contributed by atoms with Crippen LogP contribution in [-0.2, 0) is 14.3 Å². The van der Waals surface area contributed by atoms with E-state index in [-0.39, 0.29) is 17.9 Å². The first-order chi connectivity index (χ1) is 12.6. The van der Waals surface area contributed by atoms with Crippen molar-refractivity contribution in [3.8, 4) is 0 Å². The highest BCUT2D eigenvalue weighted by Gasteiger charge is 2.27. The number of carbonyl (C=O) groups excluding carboxylic acids is 1. The first kappa shape index (κ1) is 22.7. The molecule has 0 aromatic heterocycles. The Morgan fingerprint density at radius 1 is 1.19 bits per heavy atom. The van der Waals surface area contributed by atoms with Gasteiger partial charge in [0.25, 0.3) is 0 Å². The molecule has 1 unspecified atom stereocenters. The maximum Gasteiger partial charge on any atom is 0.225 e. The second kappa shape index (κ2) is 13.8. The lowest BCUT2D eigenvalue weighted by Gasteiger charge is -2.20. The summed E-state index contributed by atoms with van der Waals surface area (Å²) in [4.78, 5) is 18.6. The van der Waals surface area contributed by atoms with Gasteiger partial charge in [0, 0.05) is 38.2 Å². The molecule has 0 spiro atoms. The molecule has 0 aromatic rings. The summed E-state index contributed by atoms with van der Waals surface area (Å²) in [6.45, 7) is 13.7. The molecular weight excluding hydrogens is 332 g/mol. The second-order valence-corrected chi connectivity index (χ2v) is 6.91. The lowest BCUT2D eigenvalue weighted by Crippen LogP contribution is -2.45. The number of hydrogen-bond acceptors (Lipinski definition) is 4. The Kier molecular flexibility index (Phi) is 12.1. The molecule has 0 saturated carbocycles. The zero-order valence-electron chi connectivity index (χ0n) is 17.1. The summed E-state index contributed by atoms with van der Waals surface area (Å²) in [5.41, 5.74) is 0. The van der Waals surface area contributed by atoms with E-state index in [1.54, 1.807) is 0 Å². The number of amides is 1. The molecule has 1 aliphatic rings. The molecule has 152 valence electrons. The van der Waals surface area contributed by atoms with E-state index in [0.717, 1.165) is 51.5 Å². The standard InChI is InChI=1S/C19H38N4O3/c1-5-7-11-25-13-14-26-12-9-21-19(20-6-2)22-17-8-10-23(15-17)18(24)16(3)4/h16-17H,5-15H2,1-4H3,(H2,20,21,22). The van der Waals surface area contributed by atoms with Crippen LogP contribution in [-0.4, -0.2) is 75.4 Å². The van der Waals surface area contributed by atoms with Crippen LogP contribution in [0.15, 0.2) is 4.99 Å². The molecule has 7 nitrogen and oxygen atoms in total. The molecule has 1 aliphatic heterocycles. The largest absolute Gasteiger partial charge is 0.379 e. The highest BCUT2D eigenvalue weighted by molar-refractivity contribution is 5.81. The lowest BCUT2D eigenvalue weighted by atomic mass is 10.2. The zero-order valence-corrected chi connectivity index (χ0v) is 17.1. The van der Waals surface area contributed by atoms with Gasteiger partial charge in [0.2, 0.25) is 5.91 Å². The van der Waals surface area contributed by atoms with Crippen molar-refractivity contribution in [2.75, 3.05) is 52.6 Å². The predicted octanol–water partition coefficient (Wildman–Crippen LogP) is 1.63. The van der Waals surface area contributed by atoms with Crippen molar-refractivity contribution in [1.29, 1.82) is 0 Å². The van der Waals surface area contributed by atoms with Crippen molar-refractivity contribution >= 4 is 11.9 Å². The topological polar surface area (TPSA) is 75.2 Å². The third-order valence-corrected chi connectivity index (χ3v) is 4.20. The fourth-order valence-electron chi connectivity index (χ4n) is 2.75. The summed E-state index contributed by atoms with van der Waals surface area (Å²) in [6, 6.07) is 0.253. The molecule has 1 saturated heterocycles. The average molecular weight is 371 g/mol. The number of likely N-dealkylation sites (tertiary alicyclic amines) is 1. The van der Waals surface area contributed by atoms with Crippen LogP contribution in [0.2, 0.25) is 0 Å². The van der Waals surface area contributed by atoms with Gasteiger partial charge in [-0.05, 0) is 19.8 Å². The average Bonchev–Trinajstić information content (AvgIpc) is 3.08. The fraction of sp³-hybridized carbons (Fsp3) is 0.895. The number of unbranched alkanes of at least 4 members (excludes halogenated alkanes) is 1. The Balaban J connectivity index is 2.24. The van der Waals surface area contributed by atoms with Crippen LogP contribution in [0.25, 0.3) is 0 Å². The molecule has 1 atom stereocenters. The summed E-state index contributed by atoms with van der Waals surface area (Å²) in [7, 11) is 0. The maximum atomic E-state index is 12.1. The van der Waals surface area contributed by atoms with E-state index >= 15 is 0 Å². The van der Waals surface area contributed by atoms with E-state index in [9.17, 15) is 4.79 Å². The highest BCUT2D eigenvalue weighted by atomic mass is 16.5. The summed E-state index contributed by atoms with van der Waals surface area (Å²) in [5.74, 6) is 1.07. The predicted molar refractivity (Wildman–Crippen MR) is 105 cm³/mol. The number of rotatable bonds is 12. The molecule has 26 heavy (non-hydrogen) atoms. The minimum absolute atomic E-state index is 0.0544. The van der Waals surface area contributed by atoms with E-state index in [0.29, 0.717) is 26.4 Å². The van der Waals surface area contributed by atoms with Gasteiger partial charge in [0.1, 0.15) is 0 Å². The molecule has 0 bridgehead atoms. The van der Waals surface area contributed by atoms with Crippen molar-refractivity contribution in [3.63, 3.8) is 0 Å². The van der Waals surface area contributed by atoms with E-state index in [4.69, 9.17) is 9.47 Å². The second-order valence-electron chi connectivity index (χ2n) is 6.91. The molecule has 1 heterocycles. The van der Waals surface area contributed by atoms with Crippen LogP contribution in [0, 0.1) is 5.92 Å². The van der Waals surface area contributed by atoms with Crippen molar-refractivity contribution in [2.45, 2.75) is 53.0 Å². The van der Waals surface area contributed by atoms with Gasteiger partial charge in [-0.15, -0.1) is 0 Å². The van der Waals surface area contributed by atoms with E-state index in [1.807, 2.05) is 25.7 Å². The number of carbonyl (C=O) groups is 1. The lowest BCUT2D eigenvalue weighted by molar-refractivity contribution is -0.133. The van der Waals surface area contributed by atoms with Gasteiger partial charge >= 0.3 is 0 Å². The Morgan fingerprint density at radius 3 is 2.58 bits per heavy atom. The Morgan fingerprint density at radius 2 is 1.92 bits per heavy atom. The zero-order chi connectivity index (χ0) is 19.2. The first-order valence-corrected chi connectivity index (χ1v) is 10.1. The van der Waals surface area contributed by atoms with Gasteiger partial charge in [0.05, 0.1) is 26.4 Å². The Labute approximate surface area is 158 Å². The Bertz CT molecular complexity index is 416. The molecule has 0 radical (unpaired) electrons. The summed E-state index contributed by atoms with van der Waals surface area (Å²) in [5, 5.41) is 6.69. The van der Waals surface area contributed by atoms with E-state index in [1.165, 1.54) is 0 Å². The highest BCUT2D eigenvalue weighted by Crippen LogP contribution is 2.12. The van der Waals surface area contributed by atoms with Crippen LogP contribution in [0.4, 0.5) is 0 Å². The molecule has 7 heteroatoms. The minimum atomic E-state index is 0.0544. The third kappa shape index (κ3) is 9.38.